The van der Waals surface area contributed by atoms with E-state index >= 15 is 0 Å². The second-order valence-corrected chi connectivity index (χ2v) is 6.89. The molecule has 2 aromatic carbocycles. The molecule has 9 nitrogen and oxygen atoms in total. The Bertz CT molecular complexity index is 1020. The number of carbonyl (C=O) groups is 2. The SMILES string of the molecule is COc1ccc(-[n+]2noc([O-])c2SCCC(=O)Nc2cccc(C(=O)O)c2)cc1. The number of aromatic nitrogens is 2. The van der Waals surface area contributed by atoms with Gasteiger partial charge in [-0.25, -0.2) is 4.79 Å². The van der Waals surface area contributed by atoms with E-state index in [-0.39, 0.29) is 22.9 Å². The quantitative estimate of drug-likeness (QED) is 0.421. The van der Waals surface area contributed by atoms with Gasteiger partial charge in [-0.15, -0.1) is 0 Å². The van der Waals surface area contributed by atoms with E-state index in [2.05, 4.69) is 10.6 Å². The van der Waals surface area contributed by atoms with Gasteiger partial charge in [0.1, 0.15) is 5.75 Å². The number of thioether (sulfide) groups is 1. The number of carbonyl (C=O) groups excluding carboxylic acids is 1. The molecule has 1 amide bonds. The molecule has 0 aliphatic rings. The average Bonchev–Trinajstić information content (AvgIpc) is 3.08. The van der Waals surface area contributed by atoms with Crippen molar-refractivity contribution >= 4 is 29.3 Å². The Labute approximate surface area is 169 Å². The van der Waals surface area contributed by atoms with Crippen LogP contribution in [0.4, 0.5) is 5.69 Å². The highest BCUT2D eigenvalue weighted by molar-refractivity contribution is 7.99. The lowest BCUT2D eigenvalue weighted by atomic mass is 10.2. The summed E-state index contributed by atoms with van der Waals surface area (Å²) < 4.78 is 11.2. The molecule has 0 aliphatic heterocycles. The lowest BCUT2D eigenvalue weighted by Gasteiger charge is -2.05. The van der Waals surface area contributed by atoms with Crippen molar-refractivity contribution in [3.8, 4) is 17.4 Å². The van der Waals surface area contributed by atoms with Gasteiger partial charge in [0.15, 0.2) is 5.95 Å². The van der Waals surface area contributed by atoms with Crippen LogP contribution in [-0.4, -0.2) is 35.1 Å². The Kier molecular flexibility index (Phi) is 6.35. The van der Waals surface area contributed by atoms with Crippen LogP contribution < -0.4 is 19.8 Å². The summed E-state index contributed by atoms with van der Waals surface area (Å²) >= 11 is 1.14. The summed E-state index contributed by atoms with van der Waals surface area (Å²) in [5, 5.41) is 27.6. The second kappa shape index (κ2) is 9.11. The van der Waals surface area contributed by atoms with Gasteiger partial charge in [0.25, 0.3) is 5.03 Å². The summed E-state index contributed by atoms with van der Waals surface area (Å²) in [4.78, 5) is 23.1. The molecule has 150 valence electrons. The number of carboxylic acid groups (broad SMARTS) is 1. The molecule has 0 atom stereocenters. The molecule has 0 unspecified atom stereocenters. The third-order valence-electron chi connectivity index (χ3n) is 3.85. The van der Waals surface area contributed by atoms with Gasteiger partial charge >= 0.3 is 5.97 Å². The summed E-state index contributed by atoms with van der Waals surface area (Å²) in [6.07, 6.45) is 0.106. The van der Waals surface area contributed by atoms with Crippen LogP contribution in [0.5, 0.6) is 11.7 Å². The minimum atomic E-state index is -1.07. The van der Waals surface area contributed by atoms with E-state index in [9.17, 15) is 14.7 Å². The topological polar surface area (TPSA) is 129 Å². The van der Waals surface area contributed by atoms with Crippen molar-refractivity contribution in [3.63, 3.8) is 0 Å². The summed E-state index contributed by atoms with van der Waals surface area (Å²) in [5.74, 6) is -1.01. The van der Waals surface area contributed by atoms with Crippen LogP contribution in [0, 0.1) is 0 Å². The predicted octanol–water partition coefficient (Wildman–Crippen LogP) is 1.85. The molecule has 0 fully saturated rings. The fraction of sp³-hybridized carbons (Fsp3) is 0.158. The first-order chi connectivity index (χ1) is 14.0. The Morgan fingerprint density at radius 1 is 1.28 bits per heavy atom. The molecule has 0 saturated heterocycles. The van der Waals surface area contributed by atoms with Crippen LogP contribution >= 0.6 is 11.8 Å². The molecule has 1 heterocycles. The molecular formula is C19H17N3O6S. The number of hydrogen-bond donors (Lipinski definition) is 2. The highest BCUT2D eigenvalue weighted by Gasteiger charge is 2.21. The van der Waals surface area contributed by atoms with Gasteiger partial charge < -0.3 is 24.8 Å². The van der Waals surface area contributed by atoms with Gasteiger partial charge in [-0.2, -0.15) is 0 Å². The summed E-state index contributed by atoms with van der Waals surface area (Å²) in [5.41, 5.74) is 1.09. The molecule has 0 saturated carbocycles. The number of benzene rings is 2. The number of carboxylic acids is 1. The average molecular weight is 415 g/mol. The number of anilines is 1. The Morgan fingerprint density at radius 2 is 2.03 bits per heavy atom. The monoisotopic (exact) mass is 415 g/mol. The molecule has 0 radical (unpaired) electrons. The van der Waals surface area contributed by atoms with E-state index in [1.807, 2.05) is 0 Å². The molecule has 3 rings (SSSR count). The van der Waals surface area contributed by atoms with Crippen molar-refractivity contribution in [2.45, 2.75) is 11.4 Å². The smallest absolute Gasteiger partial charge is 0.335 e. The Morgan fingerprint density at radius 3 is 2.72 bits per heavy atom. The van der Waals surface area contributed by atoms with Crippen molar-refractivity contribution in [2.24, 2.45) is 0 Å². The van der Waals surface area contributed by atoms with E-state index in [0.29, 0.717) is 22.9 Å². The van der Waals surface area contributed by atoms with Crippen molar-refractivity contribution in [2.75, 3.05) is 18.2 Å². The van der Waals surface area contributed by atoms with E-state index in [1.54, 1.807) is 43.5 Å². The van der Waals surface area contributed by atoms with Crippen LogP contribution in [0.1, 0.15) is 16.8 Å². The second-order valence-electron chi connectivity index (χ2n) is 5.81. The molecule has 10 heteroatoms. The summed E-state index contributed by atoms with van der Waals surface area (Å²) in [6, 6.07) is 12.9. The molecule has 0 bridgehead atoms. The number of hydrogen-bond acceptors (Lipinski definition) is 7. The lowest BCUT2D eigenvalue weighted by Crippen LogP contribution is -2.34. The third-order valence-corrected chi connectivity index (χ3v) is 4.87. The molecule has 29 heavy (non-hydrogen) atoms. The number of amides is 1. The van der Waals surface area contributed by atoms with Gasteiger partial charge in [0, 0.05) is 30.0 Å². The fourth-order valence-corrected chi connectivity index (χ4v) is 3.34. The van der Waals surface area contributed by atoms with Crippen molar-refractivity contribution in [3.05, 3.63) is 54.1 Å². The molecular weight excluding hydrogens is 398 g/mol. The number of rotatable bonds is 8. The first-order valence-electron chi connectivity index (χ1n) is 8.47. The highest BCUT2D eigenvalue weighted by Crippen LogP contribution is 2.24. The zero-order chi connectivity index (χ0) is 20.8. The van der Waals surface area contributed by atoms with Gasteiger partial charge in [0.2, 0.25) is 11.6 Å². The number of methoxy groups -OCH3 is 1. The van der Waals surface area contributed by atoms with E-state index in [4.69, 9.17) is 14.4 Å². The Hall–Kier alpha value is -3.53. The number of nitrogens with one attached hydrogen (secondary N) is 1. The number of nitrogens with zero attached hydrogens (tertiary/aromatic N) is 2. The van der Waals surface area contributed by atoms with E-state index in [0.717, 1.165) is 11.8 Å². The zero-order valence-electron chi connectivity index (χ0n) is 15.3. The largest absolute Gasteiger partial charge is 0.538 e. The molecule has 2 N–H and O–H groups in total. The first-order valence-corrected chi connectivity index (χ1v) is 9.46. The van der Waals surface area contributed by atoms with Crippen molar-refractivity contribution < 1.29 is 33.7 Å². The highest BCUT2D eigenvalue weighted by atomic mass is 32.2. The van der Waals surface area contributed by atoms with Gasteiger partial charge in [0.05, 0.1) is 17.9 Å². The molecule has 1 aromatic heterocycles. The minimum absolute atomic E-state index is 0.0816. The maximum absolute atomic E-state index is 12.1. The number of ether oxygens (including phenoxy) is 1. The van der Waals surface area contributed by atoms with Crippen LogP contribution in [0.25, 0.3) is 5.69 Å². The lowest BCUT2D eigenvalue weighted by molar-refractivity contribution is -0.705. The van der Waals surface area contributed by atoms with Crippen LogP contribution in [-0.2, 0) is 4.79 Å². The molecule has 0 aliphatic carbocycles. The summed E-state index contributed by atoms with van der Waals surface area (Å²) in [6.45, 7) is 0. The predicted molar refractivity (Wildman–Crippen MR) is 101 cm³/mol. The minimum Gasteiger partial charge on any atom is -0.538 e. The Balaban J connectivity index is 1.60. The van der Waals surface area contributed by atoms with Gasteiger partial charge in [-0.3, -0.25) is 4.79 Å². The standard InChI is InChI=1S/C19H17N3O6S/c1-27-15-7-5-14(6-8-15)22-17(19(26)28-21-22)29-10-9-16(23)20-13-4-2-3-12(11-13)18(24)25/h2-8,11H,9-10H2,1H3,(H2-,20,21,23,24,25,26). The zero-order valence-corrected chi connectivity index (χ0v) is 16.1. The number of aromatic carboxylic acids is 1. The summed E-state index contributed by atoms with van der Waals surface area (Å²) in [7, 11) is 1.55. The molecule has 3 aromatic rings. The van der Waals surface area contributed by atoms with Crippen LogP contribution in [0.2, 0.25) is 0 Å². The van der Waals surface area contributed by atoms with Gasteiger partial charge in [-0.1, -0.05) is 17.8 Å². The fourth-order valence-electron chi connectivity index (χ4n) is 2.44. The van der Waals surface area contributed by atoms with Gasteiger partial charge in [-0.05, 0) is 35.0 Å². The third kappa shape index (κ3) is 5.05. The van der Waals surface area contributed by atoms with Crippen LogP contribution in [0.15, 0.2) is 58.1 Å². The van der Waals surface area contributed by atoms with Crippen LogP contribution in [0.3, 0.4) is 0 Å². The maximum Gasteiger partial charge on any atom is 0.335 e. The normalized spacial score (nSPS) is 10.5. The van der Waals surface area contributed by atoms with Crippen molar-refractivity contribution in [1.82, 2.24) is 5.27 Å². The van der Waals surface area contributed by atoms with Crippen molar-refractivity contribution in [1.29, 1.82) is 0 Å². The van der Waals surface area contributed by atoms with E-state index in [1.165, 1.54) is 16.8 Å². The first kappa shape index (κ1) is 20.2. The molecule has 0 spiro atoms. The van der Waals surface area contributed by atoms with E-state index < -0.39 is 11.9 Å². The maximum atomic E-state index is 12.1.